The molecule has 0 aromatic rings. The van der Waals surface area contributed by atoms with Gasteiger partial charge in [-0.05, 0) is 0 Å². The second kappa shape index (κ2) is 4.68. The van der Waals surface area contributed by atoms with E-state index in [4.69, 9.17) is 15.5 Å². The molecule has 0 aliphatic heterocycles. The fourth-order valence-electron chi connectivity index (χ4n) is 0.214. The quantitative estimate of drug-likeness (QED) is 0.449. The zero-order valence-corrected chi connectivity index (χ0v) is 5.91. The van der Waals surface area contributed by atoms with Crippen LogP contribution in [0, 0.1) is 0 Å². The molecule has 0 spiro atoms. The zero-order valence-electron chi connectivity index (χ0n) is 4.28. The summed E-state index contributed by atoms with van der Waals surface area (Å²) in [5, 5.41) is 0. The Bertz CT molecular complexity index is 78.5. The standard InChI is InChI=1S/B6S2/c1-5(2)6(3-7)4-8. The molecule has 0 heterocycles. The Morgan fingerprint density at radius 2 is 1.50 bits per heavy atom. The molecule has 0 bridgehead atoms. The van der Waals surface area contributed by atoms with Gasteiger partial charge in [-0.25, -0.2) is 0 Å². The van der Waals surface area contributed by atoms with Gasteiger partial charge in [-0.2, -0.15) is 0 Å². The molecule has 0 fully saturated rings. The maximum absolute atomic E-state index is 5.24. The third-order valence-corrected chi connectivity index (χ3v) is 1.39. The Morgan fingerprint density at radius 3 is 1.50 bits per heavy atom. The van der Waals surface area contributed by atoms with Crippen molar-refractivity contribution < 1.29 is 0 Å². The Hall–Kier alpha value is 0.830. The Balaban J connectivity index is 3.68. The molecule has 0 aliphatic carbocycles. The van der Waals surface area contributed by atoms with Crippen molar-refractivity contribution in [3.63, 3.8) is 0 Å². The predicted molar refractivity (Wildman–Crippen MR) is 49.7 cm³/mol. The molecule has 0 atom stereocenters. The summed E-state index contributed by atoms with van der Waals surface area (Å²) in [4.78, 5) is 0. The van der Waals surface area contributed by atoms with E-state index in [0.717, 1.165) is 0 Å². The molecule has 0 nitrogen and oxygen atoms in total. The summed E-state index contributed by atoms with van der Waals surface area (Å²) in [6.45, 7) is 0. The first-order valence-corrected chi connectivity index (χ1v) is 3.08. The molecule has 0 aromatic heterocycles. The van der Waals surface area contributed by atoms with Crippen LogP contribution in [-0.2, 0) is 0 Å². The minimum absolute atomic E-state index is 0.111. The number of hydrogen-bond acceptors (Lipinski definition) is 2. The van der Waals surface area contributed by atoms with E-state index in [1.54, 1.807) is 0 Å². The van der Waals surface area contributed by atoms with Crippen molar-refractivity contribution in [1.82, 2.24) is 0 Å². The summed E-state index contributed by atoms with van der Waals surface area (Å²) in [5.74, 6) is 0. The topological polar surface area (TPSA) is 0 Å². The fourth-order valence-corrected chi connectivity index (χ4v) is 0.833. The van der Waals surface area contributed by atoms with Crippen molar-refractivity contribution in [2.75, 3.05) is 0 Å². The van der Waals surface area contributed by atoms with E-state index in [1.807, 2.05) is 0 Å². The van der Waals surface area contributed by atoms with Crippen LogP contribution in [0.2, 0.25) is 0 Å². The van der Waals surface area contributed by atoms with Gasteiger partial charge in [0.1, 0.15) is 0 Å². The second-order valence-electron chi connectivity index (χ2n) is 1.43. The summed E-state index contributed by atoms with van der Waals surface area (Å²) >= 11 is 9.13. The van der Waals surface area contributed by atoms with E-state index < -0.39 is 6.39 Å². The van der Waals surface area contributed by atoms with Crippen molar-refractivity contribution in [3.05, 3.63) is 0 Å². The first-order valence-electron chi connectivity index (χ1n) is 2.14. The molecule has 4 radical (unpaired) electrons. The van der Waals surface area contributed by atoms with Gasteiger partial charge in [0.15, 0.2) is 0 Å². The molecule has 8 heavy (non-hydrogen) atoms. The molecule has 0 rings (SSSR count). The average molecular weight is 129 g/mol. The SMILES string of the molecule is [B]B([B])B(B=S)B=S. The Kier molecular flexibility index (Phi) is 5.17. The normalized spacial score (nSPS) is 6.50. The number of hydrogen-bond donors (Lipinski definition) is 0. The summed E-state index contributed by atoms with van der Waals surface area (Å²) in [6, 6.07) is 2.94. The Labute approximate surface area is 64.7 Å². The molecule has 0 N–H and O–H groups in total. The van der Waals surface area contributed by atoms with E-state index in [1.165, 1.54) is 12.1 Å². The van der Waals surface area contributed by atoms with Gasteiger partial charge in [-0.3, -0.25) is 0 Å². The van der Waals surface area contributed by atoms with Gasteiger partial charge in [0.05, 0.1) is 0 Å². The maximum atomic E-state index is 5.24. The van der Waals surface area contributed by atoms with E-state index in [-0.39, 0.29) is 6.39 Å². The van der Waals surface area contributed by atoms with E-state index in [0.29, 0.717) is 0 Å². The zero-order chi connectivity index (χ0) is 6.57. The van der Waals surface area contributed by atoms with Crippen LogP contribution in [0.5, 0.6) is 0 Å². The molecule has 30 valence electrons. The summed E-state index contributed by atoms with van der Waals surface area (Å²) in [5.41, 5.74) is 0. The fraction of sp³-hybridized carbons (Fsp3) is 0. The van der Waals surface area contributed by atoms with Crippen LogP contribution in [0.1, 0.15) is 0 Å². The third kappa shape index (κ3) is 2.98. The van der Waals surface area contributed by atoms with E-state index in [2.05, 4.69) is 24.1 Å². The van der Waals surface area contributed by atoms with E-state index >= 15 is 0 Å². The van der Waals surface area contributed by atoms with Crippen LogP contribution in [0.4, 0.5) is 0 Å². The minimum atomic E-state index is -0.440. The van der Waals surface area contributed by atoms with Crippen LogP contribution in [0.25, 0.3) is 0 Å². The van der Waals surface area contributed by atoms with Crippen LogP contribution < -0.4 is 0 Å². The third-order valence-electron chi connectivity index (χ3n) is 0.759. The summed E-state index contributed by atoms with van der Waals surface area (Å²) in [7, 11) is 10.5. The van der Waals surface area contributed by atoms with Crippen molar-refractivity contribution in [2.45, 2.75) is 0 Å². The van der Waals surface area contributed by atoms with Crippen LogP contribution >= 0.6 is 24.1 Å². The van der Waals surface area contributed by atoms with Gasteiger partial charge in [0, 0.05) is 0 Å². The van der Waals surface area contributed by atoms with Crippen molar-refractivity contribution >= 4 is 64.4 Å². The van der Waals surface area contributed by atoms with Crippen LogP contribution in [0.15, 0.2) is 0 Å². The van der Waals surface area contributed by atoms with Crippen LogP contribution in [0.3, 0.4) is 0 Å². The molecule has 0 saturated carbocycles. The molecule has 0 amide bonds. The van der Waals surface area contributed by atoms with Gasteiger partial charge in [-0.15, -0.1) is 0 Å². The average Bonchev–Trinajstić information content (AvgIpc) is 1.69. The molecular formula is B6S2. The molecule has 0 aliphatic rings. The van der Waals surface area contributed by atoms with Gasteiger partial charge < -0.3 is 0 Å². The summed E-state index contributed by atoms with van der Waals surface area (Å²) in [6.07, 6.45) is -0.551. The number of rotatable bonds is 3. The van der Waals surface area contributed by atoms with Crippen molar-refractivity contribution in [2.24, 2.45) is 0 Å². The van der Waals surface area contributed by atoms with E-state index in [9.17, 15) is 0 Å². The van der Waals surface area contributed by atoms with Gasteiger partial charge in [0.2, 0.25) is 0 Å². The van der Waals surface area contributed by atoms with Crippen molar-refractivity contribution in [3.8, 4) is 0 Å². The second-order valence-corrected chi connectivity index (χ2v) is 1.97. The van der Waals surface area contributed by atoms with Gasteiger partial charge in [-0.1, -0.05) is 0 Å². The van der Waals surface area contributed by atoms with Gasteiger partial charge in [0.25, 0.3) is 0 Å². The molecule has 0 unspecified atom stereocenters. The molecule has 0 aromatic carbocycles. The Morgan fingerprint density at radius 1 is 1.12 bits per heavy atom. The first-order chi connectivity index (χ1) is 3.72. The molecule has 8 heteroatoms. The van der Waals surface area contributed by atoms with Crippen LogP contribution in [-0.4, -0.2) is 40.3 Å². The van der Waals surface area contributed by atoms with Crippen molar-refractivity contribution in [1.29, 1.82) is 0 Å². The first kappa shape index (κ1) is 8.83. The van der Waals surface area contributed by atoms with Gasteiger partial charge >= 0.3 is 64.4 Å². The monoisotopic (exact) mass is 130 g/mol. The molecule has 0 saturated heterocycles. The predicted octanol–water partition coefficient (Wildman–Crippen LogP) is -0.988. The summed E-state index contributed by atoms with van der Waals surface area (Å²) < 4.78 is 0. The molecular weight excluding hydrogens is 129 g/mol.